The van der Waals surface area contributed by atoms with Crippen molar-refractivity contribution in [1.82, 2.24) is 9.80 Å². The Kier molecular flexibility index (Phi) is 5.18. The lowest BCUT2D eigenvalue weighted by molar-refractivity contribution is 0.0271. The maximum absolute atomic E-state index is 9.51. The minimum atomic E-state index is 0.310. The summed E-state index contributed by atoms with van der Waals surface area (Å²) in [5, 5.41) is 10.9. The summed E-state index contributed by atoms with van der Waals surface area (Å²) in [5.74, 6) is 0. The molecule has 2 fully saturated rings. The van der Waals surface area contributed by atoms with Crippen molar-refractivity contribution < 1.29 is 5.11 Å². The van der Waals surface area contributed by atoms with Crippen LogP contribution in [0.3, 0.4) is 0 Å². The van der Waals surface area contributed by atoms with E-state index in [1.165, 1.54) is 47.2 Å². The summed E-state index contributed by atoms with van der Waals surface area (Å²) in [5.41, 5.74) is 0. The van der Waals surface area contributed by atoms with Gasteiger partial charge in [-0.1, -0.05) is 31.0 Å². The molecule has 0 radical (unpaired) electrons. The molecule has 3 nitrogen and oxygen atoms in total. The van der Waals surface area contributed by atoms with Crippen LogP contribution in [0.15, 0.2) is 30.3 Å². The Labute approximate surface area is 148 Å². The molecular weight excluding hydrogens is 316 g/mol. The average molecular weight is 345 g/mol. The molecule has 0 spiro atoms. The maximum Gasteiger partial charge on any atom is 0.0446 e. The van der Waals surface area contributed by atoms with Gasteiger partial charge in [-0.05, 0) is 36.8 Å². The topological polar surface area (TPSA) is 26.7 Å². The highest BCUT2D eigenvalue weighted by Crippen LogP contribution is 2.30. The minimum absolute atomic E-state index is 0.310. The molecule has 130 valence electrons. The molecule has 1 atom stereocenters. The van der Waals surface area contributed by atoms with Crippen molar-refractivity contribution in [2.75, 3.05) is 26.2 Å². The number of thiophene rings is 1. The first-order valence-corrected chi connectivity index (χ1v) is 10.2. The lowest BCUT2D eigenvalue weighted by atomic mass is 10.0. The molecule has 2 aliphatic rings. The molecule has 2 aromatic rings. The standard InChI is InChI=1S/C20H28N2OS/c23-12-9-18-14-21(10-11-22(18)17-6-2-3-7-17)15-19-13-16-5-1-4-8-20(16)24-19/h1,4-5,8,13,17-18,23H,2-3,6-7,9-12,14-15H2/t18-/m1/s1. The van der Waals surface area contributed by atoms with Crippen molar-refractivity contribution in [1.29, 1.82) is 0 Å². The molecule has 1 N–H and O–H groups in total. The molecule has 2 heterocycles. The largest absolute Gasteiger partial charge is 0.396 e. The van der Waals surface area contributed by atoms with Gasteiger partial charge in [0.2, 0.25) is 0 Å². The number of nitrogens with zero attached hydrogens (tertiary/aromatic N) is 2. The van der Waals surface area contributed by atoms with Gasteiger partial charge in [-0.2, -0.15) is 0 Å². The number of aliphatic hydroxyl groups excluding tert-OH is 1. The molecule has 1 saturated carbocycles. The van der Waals surface area contributed by atoms with Gasteiger partial charge in [0.1, 0.15) is 0 Å². The maximum atomic E-state index is 9.51. The van der Waals surface area contributed by atoms with Gasteiger partial charge in [0.05, 0.1) is 0 Å². The lowest BCUT2D eigenvalue weighted by Gasteiger charge is -2.44. The monoisotopic (exact) mass is 344 g/mol. The minimum Gasteiger partial charge on any atom is -0.396 e. The SMILES string of the molecule is OCC[C@@H]1CN(Cc2cc3ccccc3s2)CCN1C1CCCC1. The molecular formula is C20H28N2OS. The van der Waals surface area contributed by atoms with Gasteiger partial charge in [-0.3, -0.25) is 9.80 Å². The number of aliphatic hydroxyl groups is 1. The van der Waals surface area contributed by atoms with E-state index in [1.807, 2.05) is 11.3 Å². The molecule has 24 heavy (non-hydrogen) atoms. The third kappa shape index (κ3) is 3.52. The smallest absolute Gasteiger partial charge is 0.0446 e. The average Bonchev–Trinajstić information content (AvgIpc) is 3.24. The van der Waals surface area contributed by atoms with Crippen molar-refractivity contribution >= 4 is 21.4 Å². The second-order valence-corrected chi connectivity index (χ2v) is 8.50. The first-order chi connectivity index (χ1) is 11.8. The zero-order valence-corrected chi connectivity index (χ0v) is 15.2. The molecule has 1 aliphatic heterocycles. The van der Waals surface area contributed by atoms with E-state index in [-0.39, 0.29) is 0 Å². The summed E-state index contributed by atoms with van der Waals surface area (Å²) < 4.78 is 1.39. The van der Waals surface area contributed by atoms with Crippen LogP contribution in [0.4, 0.5) is 0 Å². The summed E-state index contributed by atoms with van der Waals surface area (Å²) in [6.45, 7) is 4.79. The molecule has 0 amide bonds. The van der Waals surface area contributed by atoms with E-state index >= 15 is 0 Å². The number of benzene rings is 1. The van der Waals surface area contributed by atoms with Crippen LogP contribution in [0.25, 0.3) is 10.1 Å². The van der Waals surface area contributed by atoms with E-state index in [2.05, 4.69) is 40.1 Å². The van der Waals surface area contributed by atoms with E-state index < -0.39 is 0 Å². The predicted octanol–water partition coefficient (Wildman–Crippen LogP) is 3.71. The van der Waals surface area contributed by atoms with Crippen LogP contribution >= 0.6 is 11.3 Å². The van der Waals surface area contributed by atoms with Crippen LogP contribution in [0.2, 0.25) is 0 Å². The number of piperazine rings is 1. The van der Waals surface area contributed by atoms with Gasteiger partial charge in [0.15, 0.2) is 0 Å². The van der Waals surface area contributed by atoms with Crippen molar-refractivity contribution in [3.05, 3.63) is 35.2 Å². The number of fused-ring (bicyclic) bond motifs is 1. The number of hydrogen-bond donors (Lipinski definition) is 1. The highest BCUT2D eigenvalue weighted by Gasteiger charge is 2.33. The van der Waals surface area contributed by atoms with Crippen LogP contribution in [-0.2, 0) is 6.54 Å². The zero-order valence-electron chi connectivity index (χ0n) is 14.4. The van der Waals surface area contributed by atoms with Crippen LogP contribution < -0.4 is 0 Å². The van der Waals surface area contributed by atoms with Gasteiger partial charge < -0.3 is 5.11 Å². The van der Waals surface area contributed by atoms with Crippen LogP contribution in [0.1, 0.15) is 37.0 Å². The second kappa shape index (κ2) is 7.52. The normalized spacial score (nSPS) is 24.1. The Balaban J connectivity index is 1.43. The van der Waals surface area contributed by atoms with Crippen LogP contribution in [0.5, 0.6) is 0 Å². The van der Waals surface area contributed by atoms with Gasteiger partial charge in [0, 0.05) is 54.4 Å². The van der Waals surface area contributed by atoms with Crippen molar-refractivity contribution in [3.8, 4) is 0 Å². The molecule has 1 aromatic carbocycles. The van der Waals surface area contributed by atoms with Crippen LogP contribution in [-0.4, -0.2) is 53.2 Å². The summed E-state index contributed by atoms with van der Waals surface area (Å²) in [6, 6.07) is 12.3. The van der Waals surface area contributed by atoms with E-state index in [0.29, 0.717) is 12.6 Å². The van der Waals surface area contributed by atoms with Gasteiger partial charge in [0.25, 0.3) is 0 Å². The number of hydrogen-bond acceptors (Lipinski definition) is 4. The Hall–Kier alpha value is -0.940. The van der Waals surface area contributed by atoms with E-state index in [9.17, 15) is 5.11 Å². The fourth-order valence-electron chi connectivity index (χ4n) is 4.54. The fourth-order valence-corrected chi connectivity index (χ4v) is 5.64. The molecule has 0 bridgehead atoms. The molecule has 1 aromatic heterocycles. The molecule has 4 rings (SSSR count). The van der Waals surface area contributed by atoms with E-state index in [4.69, 9.17) is 0 Å². The Bertz CT molecular complexity index is 631. The first kappa shape index (κ1) is 16.5. The number of rotatable bonds is 5. The lowest BCUT2D eigenvalue weighted by Crippen LogP contribution is -2.55. The predicted molar refractivity (Wildman–Crippen MR) is 102 cm³/mol. The van der Waals surface area contributed by atoms with E-state index in [1.54, 1.807) is 0 Å². The third-order valence-electron chi connectivity index (χ3n) is 5.72. The van der Waals surface area contributed by atoms with E-state index in [0.717, 1.165) is 32.1 Å². The second-order valence-electron chi connectivity index (χ2n) is 7.33. The third-order valence-corrected chi connectivity index (χ3v) is 6.83. The Morgan fingerprint density at radius 3 is 2.75 bits per heavy atom. The summed E-state index contributed by atoms with van der Waals surface area (Å²) in [7, 11) is 0. The van der Waals surface area contributed by atoms with Crippen molar-refractivity contribution in [3.63, 3.8) is 0 Å². The molecule has 1 saturated heterocycles. The molecule has 0 unspecified atom stereocenters. The zero-order chi connectivity index (χ0) is 16.4. The Morgan fingerprint density at radius 2 is 1.96 bits per heavy atom. The fraction of sp³-hybridized carbons (Fsp3) is 0.600. The summed E-state index contributed by atoms with van der Waals surface area (Å²) in [4.78, 5) is 6.77. The molecule has 1 aliphatic carbocycles. The first-order valence-electron chi connectivity index (χ1n) is 9.40. The quantitative estimate of drug-likeness (QED) is 0.896. The highest BCUT2D eigenvalue weighted by molar-refractivity contribution is 7.19. The Morgan fingerprint density at radius 1 is 1.12 bits per heavy atom. The summed E-state index contributed by atoms with van der Waals surface area (Å²) in [6.07, 6.45) is 6.41. The molecule has 4 heteroatoms. The summed E-state index contributed by atoms with van der Waals surface area (Å²) >= 11 is 1.93. The van der Waals surface area contributed by atoms with Crippen molar-refractivity contribution in [2.24, 2.45) is 0 Å². The highest BCUT2D eigenvalue weighted by atomic mass is 32.1. The van der Waals surface area contributed by atoms with Crippen LogP contribution in [0, 0.1) is 0 Å². The van der Waals surface area contributed by atoms with Gasteiger partial charge in [-0.25, -0.2) is 0 Å². The van der Waals surface area contributed by atoms with Gasteiger partial charge >= 0.3 is 0 Å². The van der Waals surface area contributed by atoms with Gasteiger partial charge in [-0.15, -0.1) is 11.3 Å². The van der Waals surface area contributed by atoms with Crippen molar-refractivity contribution in [2.45, 2.75) is 50.7 Å².